The molecule has 3 rings (SSSR count). The number of carboxylic acids is 1. The minimum atomic E-state index is -1.26. The molecule has 166 valence electrons. The van der Waals surface area contributed by atoms with Crippen molar-refractivity contribution in [3.05, 3.63) is 35.4 Å². The van der Waals surface area contributed by atoms with E-state index in [0.29, 0.717) is 6.42 Å². The zero-order valence-electron chi connectivity index (χ0n) is 16.8. The van der Waals surface area contributed by atoms with E-state index in [2.05, 4.69) is 5.32 Å². The summed E-state index contributed by atoms with van der Waals surface area (Å²) in [5.74, 6) is -1.56. The number of ether oxygens (including phenoxy) is 1. The maximum Gasteiger partial charge on any atom is 0.336 e. The summed E-state index contributed by atoms with van der Waals surface area (Å²) >= 11 is 1.42. The monoisotopic (exact) mass is 439 g/mol. The summed E-state index contributed by atoms with van der Waals surface area (Å²) in [6.07, 6.45) is 0.00699. The Labute approximate surface area is 179 Å². The van der Waals surface area contributed by atoms with Crippen LogP contribution in [-0.4, -0.2) is 73.4 Å². The van der Waals surface area contributed by atoms with Crippen molar-refractivity contribution in [3.63, 3.8) is 0 Å². The highest BCUT2D eigenvalue weighted by Crippen LogP contribution is 2.36. The molecule has 1 amide bonds. The van der Waals surface area contributed by atoms with Crippen LogP contribution in [0.15, 0.2) is 24.3 Å². The molecule has 1 aliphatic heterocycles. The molecule has 1 heterocycles. The molecule has 1 aromatic rings. The van der Waals surface area contributed by atoms with Gasteiger partial charge in [0.25, 0.3) is 5.91 Å². The van der Waals surface area contributed by atoms with E-state index < -0.39 is 41.7 Å². The SMILES string of the molecule is C[C@@H]1O[C@@H](SC2CCCCC(NC(=O)c3ccccc3C(=O)O)C2)[C@@H](O)[C@H](O)[C@@H]1O. The molecule has 0 radical (unpaired) electrons. The van der Waals surface area contributed by atoms with E-state index in [-0.39, 0.29) is 22.4 Å². The Morgan fingerprint density at radius 2 is 1.70 bits per heavy atom. The molecule has 5 N–H and O–H groups in total. The van der Waals surface area contributed by atoms with Gasteiger partial charge in [-0.15, -0.1) is 11.8 Å². The number of nitrogens with one attached hydrogen (secondary N) is 1. The van der Waals surface area contributed by atoms with Crippen LogP contribution in [0, 0.1) is 0 Å². The van der Waals surface area contributed by atoms with Gasteiger partial charge in [-0.1, -0.05) is 25.0 Å². The van der Waals surface area contributed by atoms with E-state index in [0.717, 1.165) is 25.7 Å². The summed E-state index contributed by atoms with van der Waals surface area (Å²) in [6, 6.07) is 6.00. The number of hydrogen-bond acceptors (Lipinski definition) is 7. The molecule has 9 heteroatoms. The Bertz CT molecular complexity index is 761. The number of aliphatic hydroxyl groups is 3. The Balaban J connectivity index is 1.64. The molecule has 7 atom stereocenters. The van der Waals surface area contributed by atoms with Crippen LogP contribution in [-0.2, 0) is 4.74 Å². The summed E-state index contributed by atoms with van der Waals surface area (Å²) in [6.45, 7) is 1.66. The lowest BCUT2D eigenvalue weighted by molar-refractivity contribution is -0.192. The first kappa shape index (κ1) is 23.0. The number of carboxylic acid groups (broad SMARTS) is 1. The van der Waals surface area contributed by atoms with Gasteiger partial charge in [0.1, 0.15) is 23.7 Å². The molecular formula is C21H29NO7S. The third-order valence-electron chi connectivity index (χ3n) is 5.75. The van der Waals surface area contributed by atoms with Gasteiger partial charge in [0.05, 0.1) is 17.2 Å². The summed E-state index contributed by atoms with van der Waals surface area (Å²) in [4.78, 5) is 24.1. The van der Waals surface area contributed by atoms with E-state index in [9.17, 15) is 30.0 Å². The second-order valence-electron chi connectivity index (χ2n) is 7.98. The van der Waals surface area contributed by atoms with Crippen LogP contribution >= 0.6 is 11.8 Å². The second-order valence-corrected chi connectivity index (χ2v) is 9.38. The van der Waals surface area contributed by atoms with Crippen LogP contribution in [0.2, 0.25) is 0 Å². The number of hydrogen-bond donors (Lipinski definition) is 5. The van der Waals surface area contributed by atoms with Crippen molar-refractivity contribution in [1.29, 1.82) is 0 Å². The molecule has 0 bridgehead atoms. The molecule has 1 aliphatic carbocycles. The lowest BCUT2D eigenvalue weighted by atomic mass is 10.0. The Morgan fingerprint density at radius 1 is 1.03 bits per heavy atom. The summed E-state index contributed by atoms with van der Waals surface area (Å²) in [7, 11) is 0. The standard InChI is InChI=1S/C21H29NO7S/c1-11-16(23)17(24)18(25)21(29-11)30-13-7-3-2-6-12(10-13)22-19(26)14-8-4-5-9-15(14)20(27)28/h4-5,8-9,11-13,16-18,21,23-25H,2-3,6-7,10H2,1H3,(H,22,26)(H,27,28)/t11-,12?,13?,16+,17+,18-,21-/m0/s1. The predicted molar refractivity (Wildman–Crippen MR) is 111 cm³/mol. The summed E-state index contributed by atoms with van der Waals surface area (Å²) in [5, 5.41) is 42.6. The average molecular weight is 440 g/mol. The van der Waals surface area contributed by atoms with E-state index in [1.165, 1.54) is 23.9 Å². The van der Waals surface area contributed by atoms with Crippen molar-refractivity contribution in [3.8, 4) is 0 Å². The first-order chi connectivity index (χ1) is 14.3. The quantitative estimate of drug-likeness (QED) is 0.434. The van der Waals surface area contributed by atoms with Gasteiger partial charge in [0.2, 0.25) is 0 Å². The summed E-state index contributed by atoms with van der Waals surface area (Å²) < 4.78 is 5.70. The van der Waals surface area contributed by atoms with Crippen LogP contribution in [0.1, 0.15) is 59.7 Å². The smallest absolute Gasteiger partial charge is 0.336 e. The van der Waals surface area contributed by atoms with Gasteiger partial charge in [-0.25, -0.2) is 4.79 Å². The van der Waals surface area contributed by atoms with Crippen molar-refractivity contribution < 1.29 is 34.8 Å². The number of aliphatic hydroxyl groups excluding tert-OH is 3. The molecule has 2 aliphatic rings. The number of thioether (sulfide) groups is 1. The first-order valence-corrected chi connectivity index (χ1v) is 11.2. The van der Waals surface area contributed by atoms with E-state index in [1.807, 2.05) is 0 Å². The third kappa shape index (κ3) is 5.33. The van der Waals surface area contributed by atoms with Crippen molar-refractivity contribution in [2.45, 2.75) is 80.2 Å². The number of benzene rings is 1. The summed E-state index contributed by atoms with van der Waals surface area (Å²) in [5.41, 5.74) is -0.559. The predicted octanol–water partition coefficient (Wildman–Crippen LogP) is 1.38. The number of aromatic carboxylic acids is 1. The Morgan fingerprint density at radius 3 is 2.40 bits per heavy atom. The molecule has 2 unspecified atom stereocenters. The molecule has 1 saturated carbocycles. The Kier molecular flexibility index (Phi) is 7.75. The molecule has 0 spiro atoms. The molecule has 1 saturated heterocycles. The molecule has 0 aromatic heterocycles. The zero-order valence-corrected chi connectivity index (χ0v) is 17.6. The maximum absolute atomic E-state index is 12.7. The minimum absolute atomic E-state index is 0.0326. The lowest BCUT2D eigenvalue weighted by Crippen LogP contribution is -2.55. The van der Waals surface area contributed by atoms with Crippen LogP contribution in [0.3, 0.4) is 0 Å². The third-order valence-corrected chi connectivity index (χ3v) is 7.22. The van der Waals surface area contributed by atoms with Gasteiger partial charge in [0.15, 0.2) is 0 Å². The molecule has 1 aromatic carbocycles. The largest absolute Gasteiger partial charge is 0.478 e. The van der Waals surface area contributed by atoms with Gasteiger partial charge in [-0.2, -0.15) is 0 Å². The highest BCUT2D eigenvalue weighted by molar-refractivity contribution is 8.00. The molecule has 2 fully saturated rings. The van der Waals surface area contributed by atoms with Gasteiger partial charge < -0.3 is 30.5 Å². The van der Waals surface area contributed by atoms with Gasteiger partial charge in [0, 0.05) is 11.3 Å². The van der Waals surface area contributed by atoms with Crippen molar-refractivity contribution in [1.82, 2.24) is 5.32 Å². The van der Waals surface area contributed by atoms with Gasteiger partial charge in [-0.3, -0.25) is 4.79 Å². The van der Waals surface area contributed by atoms with Crippen LogP contribution in [0.5, 0.6) is 0 Å². The number of carbonyl (C=O) groups excluding carboxylic acids is 1. The van der Waals surface area contributed by atoms with Crippen molar-refractivity contribution >= 4 is 23.6 Å². The van der Waals surface area contributed by atoms with Crippen LogP contribution in [0.4, 0.5) is 0 Å². The molecule has 30 heavy (non-hydrogen) atoms. The Hall–Kier alpha value is -1.65. The maximum atomic E-state index is 12.7. The fourth-order valence-electron chi connectivity index (χ4n) is 4.02. The lowest BCUT2D eigenvalue weighted by Gasteiger charge is -2.40. The second kappa shape index (κ2) is 10.1. The van der Waals surface area contributed by atoms with Gasteiger partial charge in [-0.05, 0) is 38.3 Å². The highest BCUT2D eigenvalue weighted by atomic mass is 32.2. The van der Waals surface area contributed by atoms with E-state index in [4.69, 9.17) is 4.74 Å². The molecular weight excluding hydrogens is 410 g/mol. The number of rotatable bonds is 5. The van der Waals surface area contributed by atoms with E-state index >= 15 is 0 Å². The minimum Gasteiger partial charge on any atom is -0.478 e. The van der Waals surface area contributed by atoms with Crippen LogP contribution in [0.25, 0.3) is 0 Å². The average Bonchev–Trinajstić information content (AvgIpc) is 2.95. The van der Waals surface area contributed by atoms with E-state index in [1.54, 1.807) is 19.1 Å². The van der Waals surface area contributed by atoms with Crippen LogP contribution < -0.4 is 5.32 Å². The van der Waals surface area contributed by atoms with Gasteiger partial charge >= 0.3 is 5.97 Å². The topological polar surface area (TPSA) is 136 Å². The van der Waals surface area contributed by atoms with Crippen molar-refractivity contribution in [2.75, 3.05) is 0 Å². The first-order valence-electron chi connectivity index (χ1n) is 10.3. The number of amides is 1. The fourth-order valence-corrected chi connectivity index (χ4v) is 5.60. The molecule has 8 nitrogen and oxygen atoms in total. The fraction of sp³-hybridized carbons (Fsp3) is 0.619. The zero-order chi connectivity index (χ0) is 21.8. The highest BCUT2D eigenvalue weighted by Gasteiger charge is 2.43. The normalized spacial score (nSPS) is 34.7. The van der Waals surface area contributed by atoms with Crippen molar-refractivity contribution in [2.24, 2.45) is 0 Å². The number of carbonyl (C=O) groups is 2.